The van der Waals surface area contributed by atoms with Crippen molar-refractivity contribution in [3.63, 3.8) is 0 Å². The second-order valence-corrected chi connectivity index (χ2v) is 6.11. The molecule has 0 saturated heterocycles. The third-order valence-corrected chi connectivity index (χ3v) is 4.82. The van der Waals surface area contributed by atoms with Crippen LogP contribution in [0.2, 0.25) is 0 Å². The summed E-state index contributed by atoms with van der Waals surface area (Å²) in [5.41, 5.74) is 4.71. The molecule has 0 unspecified atom stereocenters. The van der Waals surface area contributed by atoms with Crippen LogP contribution in [0.5, 0.6) is 0 Å². The second-order valence-electron chi connectivity index (χ2n) is 6.11. The lowest BCUT2D eigenvalue weighted by Crippen LogP contribution is -2.33. The lowest BCUT2D eigenvalue weighted by atomic mass is 9.85. The Morgan fingerprint density at radius 1 is 1.32 bits per heavy atom. The summed E-state index contributed by atoms with van der Waals surface area (Å²) in [7, 11) is 0. The molecule has 1 saturated carbocycles. The molecule has 2 nitrogen and oxygen atoms in total. The van der Waals surface area contributed by atoms with Gasteiger partial charge in [0.2, 0.25) is 0 Å². The third kappa shape index (κ3) is 3.01. The molecular formula is C17H26N2. The monoisotopic (exact) mass is 258 g/mol. The molecule has 1 aliphatic heterocycles. The lowest BCUT2D eigenvalue weighted by Gasteiger charge is -2.32. The summed E-state index contributed by atoms with van der Waals surface area (Å²) in [6.07, 6.45) is 5.56. The number of nitrogens with one attached hydrogen (secondary N) is 1. The Balaban J connectivity index is 1.70. The Labute approximate surface area is 117 Å². The fourth-order valence-corrected chi connectivity index (χ4v) is 3.35. The fourth-order valence-electron chi connectivity index (χ4n) is 3.35. The van der Waals surface area contributed by atoms with Crippen molar-refractivity contribution in [2.24, 2.45) is 5.92 Å². The van der Waals surface area contributed by atoms with Gasteiger partial charge in [0.15, 0.2) is 0 Å². The van der Waals surface area contributed by atoms with Crippen LogP contribution in [0.3, 0.4) is 0 Å². The molecule has 0 bridgehead atoms. The molecule has 1 aromatic carbocycles. The maximum Gasteiger partial charge on any atom is 0.0236 e. The van der Waals surface area contributed by atoms with Crippen molar-refractivity contribution in [2.75, 3.05) is 19.6 Å². The number of nitrogens with zero attached hydrogens (tertiary/aromatic N) is 1. The minimum absolute atomic E-state index is 0.973. The van der Waals surface area contributed by atoms with Gasteiger partial charge in [0.1, 0.15) is 0 Å². The van der Waals surface area contributed by atoms with Crippen LogP contribution in [-0.4, -0.2) is 24.5 Å². The molecule has 2 heteroatoms. The minimum Gasteiger partial charge on any atom is -0.312 e. The predicted octanol–water partition coefficient (Wildman–Crippen LogP) is 2.95. The van der Waals surface area contributed by atoms with Crippen LogP contribution in [0.4, 0.5) is 0 Å². The van der Waals surface area contributed by atoms with Crippen molar-refractivity contribution in [1.29, 1.82) is 0 Å². The predicted molar refractivity (Wildman–Crippen MR) is 80.1 cm³/mol. The number of benzene rings is 1. The zero-order valence-electron chi connectivity index (χ0n) is 12.1. The Hall–Kier alpha value is -0.860. The van der Waals surface area contributed by atoms with Gasteiger partial charge in [-0.15, -0.1) is 0 Å². The largest absolute Gasteiger partial charge is 0.312 e. The lowest BCUT2D eigenvalue weighted by molar-refractivity contribution is 0.178. The molecule has 0 aromatic heterocycles. The van der Waals surface area contributed by atoms with Gasteiger partial charge < -0.3 is 5.32 Å². The van der Waals surface area contributed by atoms with E-state index in [2.05, 4.69) is 35.3 Å². The van der Waals surface area contributed by atoms with Gasteiger partial charge in [-0.3, -0.25) is 4.90 Å². The summed E-state index contributed by atoms with van der Waals surface area (Å²) in [5.74, 6) is 0.973. The Bertz CT molecular complexity index is 423. The zero-order chi connectivity index (χ0) is 13.1. The van der Waals surface area contributed by atoms with Crippen molar-refractivity contribution in [3.8, 4) is 0 Å². The normalized spacial score (nSPS) is 19.3. The van der Waals surface area contributed by atoms with Crippen LogP contribution in [0.1, 0.15) is 42.9 Å². The van der Waals surface area contributed by atoms with Crippen LogP contribution < -0.4 is 5.32 Å². The Morgan fingerprint density at radius 2 is 2.21 bits per heavy atom. The van der Waals surface area contributed by atoms with E-state index < -0.39 is 0 Å². The summed E-state index contributed by atoms with van der Waals surface area (Å²) in [4.78, 5) is 2.64. The quantitative estimate of drug-likeness (QED) is 0.873. The molecule has 1 heterocycles. The van der Waals surface area contributed by atoms with Crippen molar-refractivity contribution >= 4 is 0 Å². The first-order valence-electron chi connectivity index (χ1n) is 7.89. The zero-order valence-corrected chi connectivity index (χ0v) is 12.1. The molecule has 0 spiro atoms. The molecule has 0 amide bonds. The fraction of sp³-hybridized carbons (Fsp3) is 0.647. The first kappa shape index (κ1) is 13.1. The average molecular weight is 258 g/mol. The van der Waals surface area contributed by atoms with Crippen LogP contribution >= 0.6 is 0 Å². The van der Waals surface area contributed by atoms with E-state index in [9.17, 15) is 0 Å². The molecule has 3 rings (SSSR count). The van der Waals surface area contributed by atoms with Crippen molar-refractivity contribution in [3.05, 3.63) is 34.9 Å². The number of fused-ring (bicyclic) bond motifs is 1. The standard InChI is InChI=1S/C17H26N2/c1-2-19(12-14-5-3-6-14)13-16-8-4-7-15-11-18-10-9-17(15)16/h4,7-8,14,18H,2-3,5-6,9-13H2,1H3. The van der Waals surface area contributed by atoms with E-state index in [0.717, 1.165) is 25.6 Å². The average Bonchev–Trinajstić information content (AvgIpc) is 2.41. The number of hydrogen-bond acceptors (Lipinski definition) is 2. The van der Waals surface area contributed by atoms with E-state index in [1.165, 1.54) is 44.3 Å². The Kier molecular flexibility index (Phi) is 4.19. The first-order valence-corrected chi connectivity index (χ1v) is 7.89. The summed E-state index contributed by atoms with van der Waals surface area (Å²) in [5, 5.41) is 3.47. The number of hydrogen-bond donors (Lipinski definition) is 1. The highest BCUT2D eigenvalue weighted by Gasteiger charge is 2.21. The van der Waals surface area contributed by atoms with Crippen molar-refractivity contribution < 1.29 is 0 Å². The van der Waals surface area contributed by atoms with E-state index in [-0.39, 0.29) is 0 Å². The maximum atomic E-state index is 3.47. The van der Waals surface area contributed by atoms with Crippen molar-refractivity contribution in [1.82, 2.24) is 10.2 Å². The SMILES string of the molecule is CCN(Cc1cccc2c1CCNC2)CC1CCC1. The van der Waals surface area contributed by atoms with Crippen molar-refractivity contribution in [2.45, 2.75) is 45.7 Å². The van der Waals surface area contributed by atoms with Gasteiger partial charge in [-0.05, 0) is 55.0 Å². The summed E-state index contributed by atoms with van der Waals surface area (Å²) in [6.45, 7) is 8.12. The van der Waals surface area contributed by atoms with Crippen LogP contribution in [-0.2, 0) is 19.5 Å². The van der Waals surface area contributed by atoms with Gasteiger partial charge in [0.25, 0.3) is 0 Å². The van der Waals surface area contributed by atoms with Crippen LogP contribution in [0.25, 0.3) is 0 Å². The minimum atomic E-state index is 0.973. The van der Waals surface area contributed by atoms with Gasteiger partial charge in [-0.1, -0.05) is 31.5 Å². The topological polar surface area (TPSA) is 15.3 Å². The van der Waals surface area contributed by atoms with E-state index >= 15 is 0 Å². The molecular weight excluding hydrogens is 232 g/mol. The highest BCUT2D eigenvalue weighted by Crippen LogP contribution is 2.28. The highest BCUT2D eigenvalue weighted by molar-refractivity contribution is 5.37. The van der Waals surface area contributed by atoms with Crippen LogP contribution in [0, 0.1) is 5.92 Å². The third-order valence-electron chi connectivity index (χ3n) is 4.82. The molecule has 104 valence electrons. The van der Waals surface area contributed by atoms with Gasteiger partial charge in [0.05, 0.1) is 0 Å². The number of rotatable bonds is 5. The summed E-state index contributed by atoms with van der Waals surface area (Å²) < 4.78 is 0. The van der Waals surface area contributed by atoms with Gasteiger partial charge in [0, 0.05) is 19.6 Å². The van der Waals surface area contributed by atoms with Crippen LogP contribution in [0.15, 0.2) is 18.2 Å². The summed E-state index contributed by atoms with van der Waals surface area (Å²) >= 11 is 0. The summed E-state index contributed by atoms with van der Waals surface area (Å²) in [6, 6.07) is 6.86. The molecule has 1 aromatic rings. The van der Waals surface area contributed by atoms with E-state index in [4.69, 9.17) is 0 Å². The molecule has 1 N–H and O–H groups in total. The molecule has 0 atom stereocenters. The first-order chi connectivity index (χ1) is 9.36. The highest BCUT2D eigenvalue weighted by atomic mass is 15.1. The van der Waals surface area contributed by atoms with E-state index in [1.807, 2.05) is 0 Å². The molecule has 19 heavy (non-hydrogen) atoms. The molecule has 2 aliphatic rings. The maximum absolute atomic E-state index is 3.47. The van der Waals surface area contributed by atoms with Gasteiger partial charge in [-0.25, -0.2) is 0 Å². The molecule has 1 fully saturated rings. The Morgan fingerprint density at radius 3 is 2.95 bits per heavy atom. The smallest absolute Gasteiger partial charge is 0.0236 e. The second kappa shape index (κ2) is 6.06. The van der Waals surface area contributed by atoms with Gasteiger partial charge >= 0.3 is 0 Å². The van der Waals surface area contributed by atoms with E-state index in [0.29, 0.717) is 0 Å². The van der Waals surface area contributed by atoms with Gasteiger partial charge in [-0.2, -0.15) is 0 Å². The molecule has 0 radical (unpaired) electrons. The van der Waals surface area contributed by atoms with E-state index in [1.54, 1.807) is 11.1 Å². The molecule has 1 aliphatic carbocycles.